The largest absolute Gasteiger partial charge is 0.497 e. The third-order valence-corrected chi connectivity index (χ3v) is 2.39. The molecule has 2 unspecified atom stereocenters. The zero-order valence-electron chi connectivity index (χ0n) is 9.47. The number of aliphatic hydroxyl groups is 2. The van der Waals surface area contributed by atoms with Gasteiger partial charge in [0.1, 0.15) is 11.9 Å². The second-order valence-electron chi connectivity index (χ2n) is 3.56. The van der Waals surface area contributed by atoms with Gasteiger partial charge in [0.25, 0.3) is 0 Å². The van der Waals surface area contributed by atoms with Gasteiger partial charge in [-0.15, -0.1) is 0 Å². The molecule has 5 heteroatoms. The fourth-order valence-electron chi connectivity index (χ4n) is 1.46. The third-order valence-electron chi connectivity index (χ3n) is 2.39. The number of ether oxygens (including phenoxy) is 1. The van der Waals surface area contributed by atoms with Crippen molar-refractivity contribution >= 4 is 5.69 Å². The van der Waals surface area contributed by atoms with Crippen molar-refractivity contribution in [2.24, 2.45) is 0 Å². The minimum Gasteiger partial charge on any atom is -0.497 e. The number of benzene rings is 1. The molecule has 0 heterocycles. The van der Waals surface area contributed by atoms with Crippen LogP contribution in [-0.2, 0) is 0 Å². The van der Waals surface area contributed by atoms with Gasteiger partial charge in [-0.3, -0.25) is 0 Å². The van der Waals surface area contributed by atoms with Crippen molar-refractivity contribution in [3.8, 4) is 5.75 Å². The highest BCUT2D eigenvalue weighted by Gasteiger charge is 2.20. The van der Waals surface area contributed by atoms with Gasteiger partial charge in [0, 0.05) is 17.8 Å². The van der Waals surface area contributed by atoms with Crippen LogP contribution in [0.1, 0.15) is 11.7 Å². The third kappa shape index (κ3) is 2.85. The summed E-state index contributed by atoms with van der Waals surface area (Å²) in [5.74, 6) is 0.597. The van der Waals surface area contributed by atoms with Gasteiger partial charge < -0.3 is 26.0 Å². The highest BCUT2D eigenvalue weighted by molar-refractivity contribution is 5.51. The first-order chi connectivity index (χ1) is 7.60. The summed E-state index contributed by atoms with van der Waals surface area (Å²) in [5.41, 5.74) is 6.64. The summed E-state index contributed by atoms with van der Waals surface area (Å²) >= 11 is 0. The summed E-state index contributed by atoms with van der Waals surface area (Å²) in [7, 11) is 3.23. The van der Waals surface area contributed by atoms with Gasteiger partial charge in [0.05, 0.1) is 13.2 Å². The lowest BCUT2D eigenvalue weighted by atomic mass is 10.0. The van der Waals surface area contributed by atoms with Crippen molar-refractivity contribution in [1.82, 2.24) is 5.32 Å². The van der Waals surface area contributed by atoms with E-state index in [4.69, 9.17) is 10.5 Å². The highest BCUT2D eigenvalue weighted by atomic mass is 16.5. The number of nitrogens with one attached hydrogen (secondary N) is 1. The van der Waals surface area contributed by atoms with Crippen LogP contribution in [0, 0.1) is 0 Å². The Morgan fingerprint density at radius 3 is 2.69 bits per heavy atom. The molecular formula is C11H18N2O3. The number of nitrogens with two attached hydrogens (primary N) is 1. The molecule has 0 fully saturated rings. The molecule has 5 N–H and O–H groups in total. The van der Waals surface area contributed by atoms with Crippen LogP contribution in [0.5, 0.6) is 5.75 Å². The number of nitrogen functional groups attached to an aromatic ring is 1. The second kappa shape index (κ2) is 5.69. The fourth-order valence-corrected chi connectivity index (χ4v) is 1.46. The van der Waals surface area contributed by atoms with Crippen LogP contribution in [0.4, 0.5) is 5.69 Å². The SMILES string of the molecule is CNCC(O)C(O)c1cc(OC)ccc1N. The molecule has 1 aromatic rings. The molecule has 1 aromatic carbocycles. The van der Waals surface area contributed by atoms with Gasteiger partial charge in [-0.05, 0) is 25.2 Å². The lowest BCUT2D eigenvalue weighted by molar-refractivity contribution is 0.0206. The lowest BCUT2D eigenvalue weighted by Gasteiger charge is -2.19. The van der Waals surface area contributed by atoms with Crippen LogP contribution in [-0.4, -0.2) is 37.0 Å². The van der Waals surface area contributed by atoms with Gasteiger partial charge in [-0.2, -0.15) is 0 Å². The van der Waals surface area contributed by atoms with E-state index >= 15 is 0 Å². The number of anilines is 1. The van der Waals surface area contributed by atoms with E-state index in [0.29, 0.717) is 17.0 Å². The van der Waals surface area contributed by atoms with Crippen LogP contribution in [0.3, 0.4) is 0 Å². The molecule has 5 nitrogen and oxygen atoms in total. The normalized spacial score (nSPS) is 14.5. The van der Waals surface area contributed by atoms with Crippen LogP contribution in [0.2, 0.25) is 0 Å². The van der Waals surface area contributed by atoms with Crippen molar-refractivity contribution in [3.63, 3.8) is 0 Å². The van der Waals surface area contributed by atoms with E-state index in [9.17, 15) is 10.2 Å². The van der Waals surface area contributed by atoms with Crippen LogP contribution in [0.25, 0.3) is 0 Å². The van der Waals surface area contributed by atoms with Crippen LogP contribution >= 0.6 is 0 Å². The quantitative estimate of drug-likeness (QED) is 0.526. The maximum Gasteiger partial charge on any atom is 0.119 e. The number of likely N-dealkylation sites (N-methyl/N-ethyl adjacent to an activating group) is 1. The molecule has 0 saturated heterocycles. The molecule has 0 amide bonds. The zero-order chi connectivity index (χ0) is 12.1. The van der Waals surface area contributed by atoms with Crippen molar-refractivity contribution in [3.05, 3.63) is 23.8 Å². The van der Waals surface area contributed by atoms with E-state index in [1.807, 2.05) is 0 Å². The summed E-state index contributed by atoms with van der Waals surface area (Å²) in [6.45, 7) is 0.290. The lowest BCUT2D eigenvalue weighted by Crippen LogP contribution is -2.30. The number of hydrogen-bond acceptors (Lipinski definition) is 5. The Labute approximate surface area is 94.8 Å². The summed E-state index contributed by atoms with van der Waals surface area (Å²) in [6.07, 6.45) is -1.93. The molecule has 2 atom stereocenters. The van der Waals surface area contributed by atoms with Gasteiger partial charge in [-0.25, -0.2) is 0 Å². The first kappa shape index (κ1) is 12.8. The predicted octanol–water partition coefficient (Wildman–Crippen LogP) is -0.109. The van der Waals surface area contributed by atoms with Crippen molar-refractivity contribution < 1.29 is 14.9 Å². The molecule has 0 bridgehead atoms. The number of methoxy groups -OCH3 is 1. The maximum absolute atomic E-state index is 9.90. The molecule has 0 spiro atoms. The molecule has 0 saturated carbocycles. The Bertz CT molecular complexity index is 344. The van der Waals surface area contributed by atoms with E-state index < -0.39 is 12.2 Å². The maximum atomic E-state index is 9.90. The molecule has 0 radical (unpaired) electrons. The Morgan fingerprint density at radius 2 is 2.12 bits per heavy atom. The average Bonchev–Trinajstić information content (AvgIpc) is 2.29. The first-order valence-corrected chi connectivity index (χ1v) is 5.04. The topological polar surface area (TPSA) is 87.7 Å². The van der Waals surface area contributed by atoms with Gasteiger partial charge in [0.2, 0.25) is 0 Å². The average molecular weight is 226 g/mol. The smallest absolute Gasteiger partial charge is 0.119 e. The fraction of sp³-hybridized carbons (Fsp3) is 0.455. The number of rotatable bonds is 5. The number of aliphatic hydroxyl groups excluding tert-OH is 2. The standard InChI is InChI=1S/C11H18N2O3/c1-13-6-10(14)11(15)8-5-7(16-2)3-4-9(8)12/h3-5,10-11,13-15H,6,12H2,1-2H3. The first-order valence-electron chi connectivity index (χ1n) is 5.04. The Balaban J connectivity index is 2.92. The molecule has 90 valence electrons. The molecule has 0 aliphatic rings. The monoisotopic (exact) mass is 226 g/mol. The van der Waals surface area contributed by atoms with E-state index in [1.54, 1.807) is 25.2 Å². The second-order valence-corrected chi connectivity index (χ2v) is 3.56. The Hall–Kier alpha value is -1.30. The molecule has 0 aromatic heterocycles. The molecule has 16 heavy (non-hydrogen) atoms. The molecule has 0 aliphatic heterocycles. The minimum atomic E-state index is -1.03. The minimum absolute atomic E-state index is 0.290. The van der Waals surface area contributed by atoms with Crippen LogP contribution in [0.15, 0.2) is 18.2 Å². The van der Waals surface area contributed by atoms with Crippen molar-refractivity contribution in [2.45, 2.75) is 12.2 Å². The summed E-state index contributed by atoms with van der Waals surface area (Å²) in [6, 6.07) is 4.97. The summed E-state index contributed by atoms with van der Waals surface area (Å²) < 4.78 is 5.04. The van der Waals surface area contributed by atoms with Gasteiger partial charge in [-0.1, -0.05) is 0 Å². The molecule has 1 rings (SSSR count). The summed E-state index contributed by atoms with van der Waals surface area (Å²) in [4.78, 5) is 0. The van der Waals surface area contributed by atoms with E-state index in [1.165, 1.54) is 7.11 Å². The molecule has 0 aliphatic carbocycles. The van der Waals surface area contributed by atoms with E-state index in [-0.39, 0.29) is 6.54 Å². The van der Waals surface area contributed by atoms with Gasteiger partial charge >= 0.3 is 0 Å². The Morgan fingerprint density at radius 1 is 1.44 bits per heavy atom. The zero-order valence-corrected chi connectivity index (χ0v) is 9.47. The Kier molecular flexibility index (Phi) is 4.54. The predicted molar refractivity (Wildman–Crippen MR) is 62.3 cm³/mol. The van der Waals surface area contributed by atoms with Crippen molar-refractivity contribution in [1.29, 1.82) is 0 Å². The van der Waals surface area contributed by atoms with Crippen LogP contribution < -0.4 is 15.8 Å². The van der Waals surface area contributed by atoms with E-state index in [2.05, 4.69) is 5.32 Å². The molecular weight excluding hydrogens is 208 g/mol. The van der Waals surface area contributed by atoms with Crippen molar-refractivity contribution in [2.75, 3.05) is 26.4 Å². The van der Waals surface area contributed by atoms with Gasteiger partial charge in [0.15, 0.2) is 0 Å². The summed E-state index contributed by atoms with van der Waals surface area (Å²) in [5, 5.41) is 22.3. The highest BCUT2D eigenvalue weighted by Crippen LogP contribution is 2.27. The number of hydrogen-bond donors (Lipinski definition) is 4. The van der Waals surface area contributed by atoms with E-state index in [0.717, 1.165) is 0 Å².